The number of anilines is 1. The molecule has 32 heavy (non-hydrogen) atoms. The number of hydrogen-bond acceptors (Lipinski definition) is 8. The fraction of sp³-hybridized carbons (Fsp3) is 0.700. The van der Waals surface area contributed by atoms with Crippen molar-refractivity contribution in [3.05, 3.63) is 22.6 Å². The normalized spacial score (nSPS) is 34.2. The van der Waals surface area contributed by atoms with Crippen molar-refractivity contribution in [2.24, 2.45) is 11.8 Å². The molecule has 3 fully saturated rings. The molecule has 0 radical (unpaired) electrons. The highest BCUT2D eigenvalue weighted by atomic mass is 35.5. The van der Waals surface area contributed by atoms with E-state index in [4.69, 9.17) is 30.9 Å². The van der Waals surface area contributed by atoms with Crippen LogP contribution in [-0.2, 0) is 20.5 Å². The van der Waals surface area contributed by atoms with Crippen molar-refractivity contribution in [1.82, 2.24) is 9.97 Å². The largest absolute Gasteiger partial charge is 0.387 e. The van der Waals surface area contributed by atoms with Gasteiger partial charge in [0.1, 0.15) is 36.6 Å². The van der Waals surface area contributed by atoms with E-state index in [-0.39, 0.29) is 11.9 Å². The fourth-order valence-corrected chi connectivity index (χ4v) is 6.04. The molecule has 4 N–H and O–H groups in total. The lowest BCUT2D eigenvalue weighted by atomic mass is 10.0. The summed E-state index contributed by atoms with van der Waals surface area (Å²) >= 11 is 6.28. The van der Waals surface area contributed by atoms with Crippen molar-refractivity contribution in [1.29, 1.82) is 0 Å². The summed E-state index contributed by atoms with van der Waals surface area (Å²) in [7, 11) is -4.34. The van der Waals surface area contributed by atoms with Crippen LogP contribution in [-0.4, -0.2) is 80.4 Å². The average molecular weight is 488 g/mol. The minimum absolute atomic E-state index is 0.123. The van der Waals surface area contributed by atoms with E-state index in [9.17, 15) is 14.8 Å². The van der Waals surface area contributed by atoms with Crippen LogP contribution in [0.2, 0.25) is 5.28 Å². The molecule has 0 aromatic carbocycles. The van der Waals surface area contributed by atoms with Gasteiger partial charge in [-0.25, -0.2) is 9.97 Å². The Kier molecular flexibility index (Phi) is 6.09. The molecule has 176 valence electrons. The van der Waals surface area contributed by atoms with Crippen molar-refractivity contribution in [3.8, 4) is 0 Å². The number of aliphatic hydroxyl groups is 2. The van der Waals surface area contributed by atoms with E-state index >= 15 is 0 Å². The van der Waals surface area contributed by atoms with E-state index < -0.39 is 38.4 Å². The summed E-state index contributed by atoms with van der Waals surface area (Å²) in [6.45, 7) is 1.66. The van der Waals surface area contributed by atoms with E-state index in [1.54, 1.807) is 0 Å². The Balaban J connectivity index is 1.34. The Morgan fingerprint density at radius 3 is 2.59 bits per heavy atom. The summed E-state index contributed by atoms with van der Waals surface area (Å²) in [4.78, 5) is 29.1. The van der Waals surface area contributed by atoms with Crippen molar-refractivity contribution in [2.45, 2.75) is 50.1 Å². The molecule has 1 saturated carbocycles. The molecule has 4 aliphatic rings. The van der Waals surface area contributed by atoms with Gasteiger partial charge in [0.15, 0.2) is 0 Å². The third-order valence-electron chi connectivity index (χ3n) is 6.99. The maximum atomic E-state index is 11.0. The van der Waals surface area contributed by atoms with Gasteiger partial charge >= 0.3 is 7.60 Å². The summed E-state index contributed by atoms with van der Waals surface area (Å²) in [5.41, 5.74) is 2.19. The lowest BCUT2D eigenvalue weighted by Gasteiger charge is -2.22. The van der Waals surface area contributed by atoms with Crippen molar-refractivity contribution in [2.75, 3.05) is 30.9 Å². The number of fused-ring (bicyclic) bond motifs is 2. The molecule has 12 heteroatoms. The second-order valence-corrected chi connectivity index (χ2v) is 11.0. The second kappa shape index (κ2) is 8.60. The zero-order valence-corrected chi connectivity index (χ0v) is 19.0. The highest BCUT2D eigenvalue weighted by molar-refractivity contribution is 7.51. The topological polar surface area (TPSA) is 145 Å². The van der Waals surface area contributed by atoms with Crippen molar-refractivity contribution in [3.63, 3.8) is 0 Å². The minimum Gasteiger partial charge on any atom is -0.387 e. The maximum Gasteiger partial charge on any atom is 0.350 e. The van der Waals surface area contributed by atoms with Gasteiger partial charge in [-0.15, -0.1) is 0 Å². The van der Waals surface area contributed by atoms with Gasteiger partial charge < -0.3 is 34.4 Å². The molecule has 2 aliphatic heterocycles. The van der Waals surface area contributed by atoms with Gasteiger partial charge in [-0.05, 0) is 42.7 Å². The molecule has 2 saturated heterocycles. The van der Waals surface area contributed by atoms with Crippen LogP contribution in [0.15, 0.2) is 6.08 Å². The zero-order chi connectivity index (χ0) is 22.6. The monoisotopic (exact) mass is 487 g/mol. The molecule has 2 aliphatic carbocycles. The van der Waals surface area contributed by atoms with Crippen LogP contribution in [0.4, 0.5) is 5.82 Å². The van der Waals surface area contributed by atoms with Crippen molar-refractivity contribution < 1.29 is 34.0 Å². The molecule has 0 amide bonds. The minimum atomic E-state index is -4.34. The van der Waals surface area contributed by atoms with Gasteiger partial charge in [-0.2, -0.15) is 0 Å². The number of nitrogens with zero attached hydrogens (tertiary/aromatic N) is 3. The Hall–Kier alpha value is -1.10. The number of rotatable bonds is 6. The lowest BCUT2D eigenvalue weighted by molar-refractivity contribution is -0.0290. The van der Waals surface area contributed by atoms with E-state index in [2.05, 4.69) is 14.9 Å². The molecule has 6 atom stereocenters. The van der Waals surface area contributed by atoms with Gasteiger partial charge in [-0.3, -0.25) is 4.57 Å². The van der Waals surface area contributed by atoms with Crippen LogP contribution in [0.5, 0.6) is 0 Å². The maximum absolute atomic E-state index is 11.0. The molecule has 10 nitrogen and oxygen atoms in total. The van der Waals surface area contributed by atoms with Crippen LogP contribution in [0.1, 0.15) is 30.5 Å². The van der Waals surface area contributed by atoms with Crippen molar-refractivity contribution >= 4 is 30.6 Å². The lowest BCUT2D eigenvalue weighted by Crippen LogP contribution is -2.34. The highest BCUT2D eigenvalue weighted by Crippen LogP contribution is 2.44. The number of halogens is 1. The first kappa shape index (κ1) is 22.7. The molecule has 2 unspecified atom stereocenters. The van der Waals surface area contributed by atoms with Crippen LogP contribution in [0.25, 0.3) is 5.57 Å². The standard InChI is InChI=1S/C20H27ClN3O7P/c21-20-22-15-12(18-17(26)16(25)14(31-18)8-30-9-32(27,28)29)4-5-13(15)19(23-20)24-6-10-2-1-3-11(10)7-24/h4,10-11,14,16-18,25-26H,1-3,5-9H2,(H2,27,28,29)/t10?,11?,14-,16-,17-,18+/m1/s1. The molecular formula is C20H27ClN3O7P. The van der Waals surface area contributed by atoms with E-state index in [1.807, 2.05) is 6.08 Å². The first-order valence-corrected chi connectivity index (χ1v) is 13.0. The molecule has 1 aromatic rings. The first-order chi connectivity index (χ1) is 15.2. The average Bonchev–Trinajstić information content (AvgIpc) is 3.46. The second-order valence-electron chi connectivity index (χ2n) is 9.10. The molecule has 1 aromatic heterocycles. The summed E-state index contributed by atoms with van der Waals surface area (Å²) in [6.07, 6.45) is 1.20. The predicted molar refractivity (Wildman–Crippen MR) is 115 cm³/mol. The van der Waals surface area contributed by atoms with Gasteiger partial charge in [0.25, 0.3) is 0 Å². The first-order valence-electron chi connectivity index (χ1n) is 10.9. The van der Waals surface area contributed by atoms with Crippen LogP contribution < -0.4 is 4.90 Å². The summed E-state index contributed by atoms with van der Waals surface area (Å²) < 4.78 is 21.8. The smallest absolute Gasteiger partial charge is 0.350 e. The Morgan fingerprint density at radius 1 is 1.19 bits per heavy atom. The molecule has 0 bridgehead atoms. The fourth-order valence-electron chi connectivity index (χ4n) is 5.53. The summed E-state index contributed by atoms with van der Waals surface area (Å²) in [5, 5.41) is 21.1. The number of aliphatic hydroxyl groups excluding tert-OH is 2. The number of allylic oxidation sites excluding steroid dienone is 1. The Morgan fingerprint density at radius 2 is 1.91 bits per heavy atom. The number of aromatic nitrogens is 2. The molecule has 0 spiro atoms. The van der Waals surface area contributed by atoms with Gasteiger partial charge in [-0.1, -0.05) is 12.5 Å². The Bertz CT molecular complexity index is 961. The zero-order valence-electron chi connectivity index (χ0n) is 17.4. The van der Waals surface area contributed by atoms with Crippen LogP contribution in [0.3, 0.4) is 0 Å². The highest BCUT2D eigenvalue weighted by Gasteiger charge is 2.47. The SMILES string of the molecule is O=P(O)(O)COC[C@H]1O[C@@H](C2=CCc3c2nc(Cl)nc3N2CC3CCCC3C2)[C@H](O)[C@@H]1O. The van der Waals surface area contributed by atoms with E-state index in [0.717, 1.165) is 24.5 Å². The van der Waals surface area contributed by atoms with Gasteiger partial charge in [0.2, 0.25) is 5.28 Å². The number of hydrogen-bond donors (Lipinski definition) is 4. The predicted octanol–water partition coefficient (Wildman–Crippen LogP) is 0.947. The third kappa shape index (κ3) is 4.23. The van der Waals surface area contributed by atoms with Gasteiger partial charge in [0.05, 0.1) is 12.3 Å². The number of ether oxygens (including phenoxy) is 2. The van der Waals surface area contributed by atoms with E-state index in [0.29, 0.717) is 29.5 Å². The quantitative estimate of drug-likeness (QED) is 0.338. The van der Waals surface area contributed by atoms with E-state index in [1.165, 1.54) is 19.3 Å². The van der Waals surface area contributed by atoms with Crippen LogP contribution in [0, 0.1) is 11.8 Å². The Labute approximate surface area is 190 Å². The molecule has 5 rings (SSSR count). The molecular weight excluding hydrogens is 461 g/mol. The summed E-state index contributed by atoms with van der Waals surface area (Å²) in [6, 6.07) is 0. The van der Waals surface area contributed by atoms with Crippen LogP contribution >= 0.6 is 19.2 Å². The summed E-state index contributed by atoms with van der Waals surface area (Å²) in [5.74, 6) is 2.21. The molecule has 3 heterocycles. The van der Waals surface area contributed by atoms with Gasteiger partial charge in [0, 0.05) is 24.2 Å². The third-order valence-corrected chi connectivity index (χ3v) is 7.68.